The highest BCUT2D eigenvalue weighted by Crippen LogP contribution is 2.32. The second-order valence-electron chi connectivity index (χ2n) is 7.03. The second-order valence-corrected chi connectivity index (χ2v) is 7.03. The van der Waals surface area contributed by atoms with Crippen molar-refractivity contribution >= 4 is 17.0 Å². The van der Waals surface area contributed by atoms with Crippen LogP contribution in [-0.2, 0) is 11.3 Å². The van der Waals surface area contributed by atoms with Gasteiger partial charge in [-0.15, -0.1) is 0 Å². The van der Waals surface area contributed by atoms with Gasteiger partial charge in [0.15, 0.2) is 11.5 Å². The molecule has 1 aliphatic carbocycles. The smallest absolute Gasteiger partial charge is 0.327 e. The molecule has 0 amide bonds. The Morgan fingerprint density at radius 1 is 1.24 bits per heavy atom. The Hall–Kier alpha value is -2.09. The van der Waals surface area contributed by atoms with E-state index in [4.69, 9.17) is 15.2 Å². The summed E-state index contributed by atoms with van der Waals surface area (Å²) in [5, 5.41) is 0. The predicted molar refractivity (Wildman–Crippen MR) is 93.6 cm³/mol. The zero-order chi connectivity index (χ0) is 17.2. The third-order valence-electron chi connectivity index (χ3n) is 5.03. The molecule has 25 heavy (non-hydrogen) atoms. The van der Waals surface area contributed by atoms with Gasteiger partial charge >= 0.3 is 11.7 Å². The summed E-state index contributed by atoms with van der Waals surface area (Å²) in [6.45, 7) is 1.93. The minimum absolute atomic E-state index is 0.207. The van der Waals surface area contributed by atoms with Gasteiger partial charge in [0.1, 0.15) is 5.52 Å². The maximum Gasteiger partial charge on any atom is 0.327 e. The number of rotatable bonds is 7. The molecule has 8 nitrogen and oxygen atoms in total. The van der Waals surface area contributed by atoms with Crippen molar-refractivity contribution in [1.82, 2.24) is 19.5 Å². The number of imidazole rings is 1. The number of fused-ring (bicyclic) bond motifs is 1. The fraction of sp³-hybridized carbons (Fsp3) is 0.706. The van der Waals surface area contributed by atoms with Crippen LogP contribution >= 0.6 is 0 Å². The quantitative estimate of drug-likeness (QED) is 0.791. The van der Waals surface area contributed by atoms with Gasteiger partial charge in [-0.25, -0.2) is 4.79 Å². The van der Waals surface area contributed by atoms with Crippen LogP contribution in [0.2, 0.25) is 0 Å². The first kappa shape index (κ1) is 16.4. The van der Waals surface area contributed by atoms with E-state index < -0.39 is 0 Å². The molecule has 2 aromatic rings. The van der Waals surface area contributed by atoms with E-state index in [0.29, 0.717) is 24.3 Å². The third-order valence-corrected chi connectivity index (χ3v) is 5.03. The number of aromatic amines is 1. The van der Waals surface area contributed by atoms with E-state index in [2.05, 4.69) is 15.0 Å². The van der Waals surface area contributed by atoms with Crippen molar-refractivity contribution in [3.8, 4) is 6.01 Å². The van der Waals surface area contributed by atoms with Gasteiger partial charge in [0.2, 0.25) is 0 Å². The van der Waals surface area contributed by atoms with Gasteiger partial charge in [-0.2, -0.15) is 9.97 Å². The molecule has 2 aliphatic rings. The topological polar surface area (TPSA) is 108 Å². The van der Waals surface area contributed by atoms with Gasteiger partial charge in [-0.05, 0) is 38.0 Å². The molecule has 4 rings (SSSR count). The lowest BCUT2D eigenvalue weighted by atomic mass is 10.1. The van der Waals surface area contributed by atoms with Gasteiger partial charge in [0.05, 0.1) is 12.7 Å². The van der Waals surface area contributed by atoms with Crippen molar-refractivity contribution in [2.24, 2.45) is 5.92 Å². The number of nitrogens with zero attached hydrogens (tertiary/aromatic N) is 3. The van der Waals surface area contributed by atoms with Crippen LogP contribution in [0.4, 0.5) is 5.82 Å². The summed E-state index contributed by atoms with van der Waals surface area (Å²) in [6, 6.07) is 0.243. The molecule has 3 N–H and O–H groups in total. The second kappa shape index (κ2) is 7.03. The van der Waals surface area contributed by atoms with E-state index in [1.54, 1.807) is 4.57 Å². The molecule has 0 radical (unpaired) electrons. The number of aryl methyl sites for hydroxylation is 1. The summed E-state index contributed by atoms with van der Waals surface area (Å²) in [4.78, 5) is 23.6. The van der Waals surface area contributed by atoms with Gasteiger partial charge in [0.25, 0.3) is 0 Å². The Morgan fingerprint density at radius 2 is 2.12 bits per heavy atom. The predicted octanol–water partition coefficient (Wildman–Crippen LogP) is 1.84. The van der Waals surface area contributed by atoms with Crippen LogP contribution in [0, 0.1) is 5.92 Å². The highest BCUT2D eigenvalue weighted by Gasteiger charge is 2.21. The Morgan fingerprint density at radius 3 is 2.88 bits per heavy atom. The molecule has 136 valence electrons. The first-order valence-corrected chi connectivity index (χ1v) is 9.21. The lowest BCUT2D eigenvalue weighted by Gasteiger charge is -2.22. The molecule has 8 heteroatoms. The van der Waals surface area contributed by atoms with E-state index in [-0.39, 0.29) is 23.6 Å². The van der Waals surface area contributed by atoms with Crippen LogP contribution in [0.15, 0.2) is 4.79 Å². The SMILES string of the molecule is Nc1nc(OCCC2CC2)nc2c1[nH]c(=O)n2CCC1CCCCO1. The summed E-state index contributed by atoms with van der Waals surface area (Å²) in [7, 11) is 0. The molecule has 2 fully saturated rings. The van der Waals surface area contributed by atoms with Gasteiger partial charge in [0, 0.05) is 13.2 Å². The Kier molecular flexibility index (Phi) is 4.61. The number of hydrogen-bond donors (Lipinski definition) is 2. The zero-order valence-corrected chi connectivity index (χ0v) is 14.4. The number of H-pyrrole nitrogens is 1. The Labute approximate surface area is 145 Å². The fourth-order valence-electron chi connectivity index (χ4n) is 3.33. The number of nitrogens with one attached hydrogen (secondary N) is 1. The Balaban J connectivity index is 1.51. The third kappa shape index (κ3) is 3.78. The van der Waals surface area contributed by atoms with Crippen LogP contribution in [0.25, 0.3) is 11.2 Å². The van der Waals surface area contributed by atoms with Crippen molar-refractivity contribution in [1.29, 1.82) is 0 Å². The molecule has 0 aromatic carbocycles. The minimum atomic E-state index is -0.220. The monoisotopic (exact) mass is 347 g/mol. The van der Waals surface area contributed by atoms with E-state index in [9.17, 15) is 4.79 Å². The van der Waals surface area contributed by atoms with E-state index >= 15 is 0 Å². The van der Waals surface area contributed by atoms with Crippen molar-refractivity contribution in [2.45, 2.75) is 57.6 Å². The van der Waals surface area contributed by atoms with Crippen LogP contribution in [0.3, 0.4) is 0 Å². The summed E-state index contributed by atoms with van der Waals surface area (Å²) in [5.41, 5.74) is 6.75. The lowest BCUT2D eigenvalue weighted by Crippen LogP contribution is -2.24. The van der Waals surface area contributed by atoms with Crippen LogP contribution in [0.5, 0.6) is 6.01 Å². The molecule has 1 atom stereocenters. The summed E-state index contributed by atoms with van der Waals surface area (Å²) >= 11 is 0. The van der Waals surface area contributed by atoms with Gasteiger partial charge < -0.3 is 20.2 Å². The standard InChI is InChI=1S/C17H25N5O3/c18-14-13-15(21-16(20-14)25-10-7-11-4-5-11)22(17(23)19-13)8-6-12-3-1-2-9-24-12/h11-12H,1-10H2,(H,19,23)(H2,18,20,21). The maximum atomic E-state index is 12.3. The number of hydrogen-bond acceptors (Lipinski definition) is 6. The number of nitrogens with two attached hydrogens (primary N) is 1. The largest absolute Gasteiger partial charge is 0.463 e. The van der Waals surface area contributed by atoms with Crippen LogP contribution in [-0.4, -0.2) is 38.8 Å². The maximum absolute atomic E-state index is 12.3. The van der Waals surface area contributed by atoms with Gasteiger partial charge in [-0.3, -0.25) is 4.57 Å². The van der Waals surface area contributed by atoms with Gasteiger partial charge in [-0.1, -0.05) is 12.8 Å². The normalized spacial score (nSPS) is 20.9. The van der Waals surface area contributed by atoms with Crippen molar-refractivity contribution in [2.75, 3.05) is 18.9 Å². The average molecular weight is 347 g/mol. The van der Waals surface area contributed by atoms with Crippen LogP contribution < -0.4 is 16.2 Å². The molecule has 1 saturated carbocycles. The molecule has 3 heterocycles. The highest BCUT2D eigenvalue weighted by atomic mass is 16.5. The molecule has 0 bridgehead atoms. The van der Waals surface area contributed by atoms with E-state index in [1.807, 2.05) is 0 Å². The zero-order valence-electron chi connectivity index (χ0n) is 14.4. The summed E-state index contributed by atoms with van der Waals surface area (Å²) < 4.78 is 13.0. The van der Waals surface area contributed by atoms with Crippen molar-refractivity contribution < 1.29 is 9.47 Å². The van der Waals surface area contributed by atoms with Crippen molar-refractivity contribution in [3.05, 3.63) is 10.5 Å². The number of ether oxygens (including phenoxy) is 2. The molecular formula is C17H25N5O3. The number of nitrogen functional groups attached to an aromatic ring is 1. The number of anilines is 1. The summed E-state index contributed by atoms with van der Waals surface area (Å²) in [6.07, 6.45) is 7.92. The minimum Gasteiger partial charge on any atom is -0.463 e. The molecule has 0 spiro atoms. The van der Waals surface area contributed by atoms with E-state index in [1.165, 1.54) is 19.3 Å². The molecule has 1 unspecified atom stereocenters. The molecular weight excluding hydrogens is 322 g/mol. The first-order chi connectivity index (χ1) is 12.2. The van der Waals surface area contributed by atoms with Crippen molar-refractivity contribution in [3.63, 3.8) is 0 Å². The number of aromatic nitrogens is 4. The summed E-state index contributed by atoms with van der Waals surface area (Å²) in [5.74, 6) is 1.03. The first-order valence-electron chi connectivity index (χ1n) is 9.21. The lowest BCUT2D eigenvalue weighted by molar-refractivity contribution is 0.00883. The fourth-order valence-corrected chi connectivity index (χ4v) is 3.33. The molecule has 1 aliphatic heterocycles. The average Bonchev–Trinajstić information content (AvgIpc) is 3.37. The van der Waals surface area contributed by atoms with Crippen LogP contribution in [0.1, 0.15) is 44.9 Å². The Bertz CT molecular complexity index is 789. The molecule has 2 aromatic heterocycles. The highest BCUT2D eigenvalue weighted by molar-refractivity contribution is 5.81. The molecule has 1 saturated heterocycles. The van der Waals surface area contributed by atoms with E-state index in [0.717, 1.165) is 38.2 Å².